The van der Waals surface area contributed by atoms with Crippen molar-refractivity contribution in [3.63, 3.8) is 0 Å². The number of nitrogens with two attached hydrogens (primary N) is 1. The number of hydroxylamine groups is 2. The maximum Gasteiger partial charge on any atom is 0.236 e. The zero-order valence-electron chi connectivity index (χ0n) is 14.9. The van der Waals surface area contributed by atoms with Gasteiger partial charge in [-0.2, -0.15) is 0 Å². The molecule has 1 aromatic rings. The molecule has 3 amide bonds. The number of rotatable bonds is 11. The molecule has 2 rings (SSSR count). The molecule has 0 radical (unpaired) electrons. The molecule has 1 atom stereocenters. The van der Waals surface area contributed by atoms with Gasteiger partial charge in [0.1, 0.15) is 6.61 Å². The first kappa shape index (κ1) is 19.9. The molecule has 0 aromatic heterocycles. The van der Waals surface area contributed by atoms with E-state index in [9.17, 15) is 14.4 Å². The Morgan fingerprint density at radius 3 is 2.58 bits per heavy atom. The van der Waals surface area contributed by atoms with Gasteiger partial charge in [-0.25, -0.2) is 5.06 Å². The van der Waals surface area contributed by atoms with E-state index in [0.717, 1.165) is 23.5 Å². The van der Waals surface area contributed by atoms with E-state index in [4.69, 9.17) is 10.6 Å². The molecule has 0 saturated heterocycles. The van der Waals surface area contributed by atoms with Gasteiger partial charge in [0, 0.05) is 0 Å². The predicted molar refractivity (Wildman–Crippen MR) is 96.3 cm³/mol. The van der Waals surface area contributed by atoms with Gasteiger partial charge >= 0.3 is 0 Å². The van der Waals surface area contributed by atoms with Crippen molar-refractivity contribution in [1.29, 1.82) is 0 Å². The van der Waals surface area contributed by atoms with Crippen molar-refractivity contribution < 1.29 is 19.2 Å². The second-order valence-electron chi connectivity index (χ2n) is 6.73. The summed E-state index contributed by atoms with van der Waals surface area (Å²) in [7, 11) is 0. The van der Waals surface area contributed by atoms with E-state index in [1.165, 1.54) is 12.8 Å². The van der Waals surface area contributed by atoms with Crippen molar-refractivity contribution in [3.05, 3.63) is 35.9 Å². The lowest BCUT2D eigenvalue weighted by Gasteiger charge is -2.25. The minimum absolute atomic E-state index is 0.150. The SMILES string of the molecule is NC(=O)CNC(=O)[C@H](CC1CCCC1)CN(C=O)OCc1ccccc1. The van der Waals surface area contributed by atoms with Crippen LogP contribution in [0, 0.1) is 11.8 Å². The second-order valence-corrected chi connectivity index (χ2v) is 6.73. The van der Waals surface area contributed by atoms with E-state index in [0.29, 0.717) is 18.7 Å². The topological polar surface area (TPSA) is 102 Å². The minimum Gasteiger partial charge on any atom is -0.368 e. The molecule has 7 nitrogen and oxygen atoms in total. The molecule has 1 aromatic carbocycles. The Bertz CT molecular complexity index is 588. The van der Waals surface area contributed by atoms with Crippen LogP contribution < -0.4 is 11.1 Å². The maximum absolute atomic E-state index is 12.4. The third kappa shape index (κ3) is 6.84. The average molecular weight is 361 g/mol. The lowest BCUT2D eigenvalue weighted by atomic mass is 9.92. The molecule has 1 aliphatic rings. The standard InChI is InChI=1S/C19H27N3O4/c20-18(24)11-21-19(25)17(10-15-6-4-5-7-15)12-22(14-23)26-13-16-8-2-1-3-9-16/h1-3,8-9,14-15,17H,4-7,10-13H2,(H2,20,24)(H,21,25)/t17-/m1/s1. The number of carbonyl (C=O) groups excluding carboxylic acids is 3. The van der Waals surface area contributed by atoms with Crippen LogP contribution >= 0.6 is 0 Å². The normalized spacial score (nSPS) is 15.4. The van der Waals surface area contributed by atoms with Crippen LogP contribution in [0.2, 0.25) is 0 Å². The summed E-state index contributed by atoms with van der Waals surface area (Å²) in [4.78, 5) is 40.3. The molecule has 7 heteroatoms. The molecule has 142 valence electrons. The molecule has 0 unspecified atom stereocenters. The first-order valence-electron chi connectivity index (χ1n) is 9.03. The molecule has 0 bridgehead atoms. The number of nitrogens with zero attached hydrogens (tertiary/aromatic N) is 1. The molecule has 0 spiro atoms. The highest BCUT2D eigenvalue weighted by Gasteiger charge is 2.27. The number of hydrogen-bond acceptors (Lipinski definition) is 4. The number of carbonyl (C=O) groups is 3. The van der Waals surface area contributed by atoms with E-state index < -0.39 is 11.8 Å². The maximum atomic E-state index is 12.4. The lowest BCUT2D eigenvalue weighted by Crippen LogP contribution is -2.42. The Labute approximate surface area is 153 Å². The Morgan fingerprint density at radius 1 is 1.27 bits per heavy atom. The second kappa shape index (κ2) is 10.6. The summed E-state index contributed by atoms with van der Waals surface area (Å²) in [6.45, 7) is 0.196. The van der Waals surface area contributed by atoms with Gasteiger partial charge in [0.2, 0.25) is 18.2 Å². The van der Waals surface area contributed by atoms with Crippen molar-refractivity contribution in [1.82, 2.24) is 10.4 Å². The molecule has 26 heavy (non-hydrogen) atoms. The van der Waals surface area contributed by atoms with Gasteiger partial charge in [-0.05, 0) is 17.9 Å². The first-order chi connectivity index (χ1) is 12.6. The van der Waals surface area contributed by atoms with Gasteiger partial charge in [0.25, 0.3) is 0 Å². The number of benzene rings is 1. The third-order valence-corrected chi connectivity index (χ3v) is 4.66. The molecule has 1 saturated carbocycles. The van der Waals surface area contributed by atoms with Crippen LogP contribution in [0.4, 0.5) is 0 Å². The van der Waals surface area contributed by atoms with E-state index in [-0.39, 0.29) is 25.6 Å². The summed E-state index contributed by atoms with van der Waals surface area (Å²) in [5.74, 6) is -0.836. The van der Waals surface area contributed by atoms with E-state index in [2.05, 4.69) is 5.32 Å². The molecular weight excluding hydrogens is 334 g/mol. The number of amides is 3. The van der Waals surface area contributed by atoms with Crippen LogP contribution in [-0.2, 0) is 25.8 Å². The van der Waals surface area contributed by atoms with Crippen molar-refractivity contribution >= 4 is 18.2 Å². The van der Waals surface area contributed by atoms with Crippen molar-refractivity contribution in [2.24, 2.45) is 17.6 Å². The fraction of sp³-hybridized carbons (Fsp3) is 0.526. The summed E-state index contributed by atoms with van der Waals surface area (Å²) < 4.78 is 0. The number of primary amides is 1. The minimum atomic E-state index is -0.592. The molecular formula is C19H27N3O4. The van der Waals surface area contributed by atoms with Crippen LogP contribution in [-0.4, -0.2) is 36.4 Å². The smallest absolute Gasteiger partial charge is 0.236 e. The van der Waals surface area contributed by atoms with Gasteiger partial charge < -0.3 is 11.1 Å². The Balaban J connectivity index is 1.93. The first-order valence-corrected chi connectivity index (χ1v) is 9.03. The Kier molecular flexibility index (Phi) is 8.08. The summed E-state index contributed by atoms with van der Waals surface area (Å²) in [5, 5.41) is 3.71. The van der Waals surface area contributed by atoms with Gasteiger partial charge in [-0.3, -0.25) is 19.2 Å². The highest BCUT2D eigenvalue weighted by Crippen LogP contribution is 2.30. The van der Waals surface area contributed by atoms with Crippen molar-refractivity contribution in [2.75, 3.05) is 13.1 Å². The monoisotopic (exact) mass is 361 g/mol. The molecule has 0 heterocycles. The van der Waals surface area contributed by atoms with Crippen LogP contribution in [0.15, 0.2) is 30.3 Å². The zero-order chi connectivity index (χ0) is 18.8. The van der Waals surface area contributed by atoms with E-state index >= 15 is 0 Å². The summed E-state index contributed by atoms with van der Waals surface area (Å²) >= 11 is 0. The van der Waals surface area contributed by atoms with Gasteiger partial charge in [0.15, 0.2) is 0 Å². The van der Waals surface area contributed by atoms with Crippen LogP contribution in [0.1, 0.15) is 37.7 Å². The summed E-state index contributed by atoms with van der Waals surface area (Å²) in [6.07, 6.45) is 5.77. The Hall–Kier alpha value is -2.41. The molecule has 0 aliphatic heterocycles. The predicted octanol–water partition coefficient (Wildman–Crippen LogP) is 1.37. The zero-order valence-corrected chi connectivity index (χ0v) is 14.9. The van der Waals surface area contributed by atoms with Crippen LogP contribution in [0.25, 0.3) is 0 Å². The van der Waals surface area contributed by atoms with E-state index in [1.807, 2.05) is 30.3 Å². The number of nitrogens with one attached hydrogen (secondary N) is 1. The molecule has 3 N–H and O–H groups in total. The largest absolute Gasteiger partial charge is 0.368 e. The number of hydrogen-bond donors (Lipinski definition) is 2. The van der Waals surface area contributed by atoms with Crippen molar-refractivity contribution in [3.8, 4) is 0 Å². The third-order valence-electron chi connectivity index (χ3n) is 4.66. The average Bonchev–Trinajstić information content (AvgIpc) is 3.16. The fourth-order valence-electron chi connectivity index (χ4n) is 3.31. The van der Waals surface area contributed by atoms with Crippen LogP contribution in [0.3, 0.4) is 0 Å². The lowest BCUT2D eigenvalue weighted by molar-refractivity contribution is -0.182. The molecule has 1 fully saturated rings. The summed E-state index contributed by atoms with van der Waals surface area (Å²) in [6, 6.07) is 9.49. The van der Waals surface area contributed by atoms with Crippen molar-refractivity contribution in [2.45, 2.75) is 38.7 Å². The Morgan fingerprint density at radius 2 is 1.96 bits per heavy atom. The van der Waals surface area contributed by atoms with Gasteiger partial charge in [-0.1, -0.05) is 56.0 Å². The highest BCUT2D eigenvalue weighted by molar-refractivity contribution is 5.85. The van der Waals surface area contributed by atoms with Gasteiger partial charge in [-0.15, -0.1) is 0 Å². The van der Waals surface area contributed by atoms with Gasteiger partial charge in [0.05, 0.1) is 19.0 Å². The van der Waals surface area contributed by atoms with E-state index in [1.54, 1.807) is 0 Å². The quantitative estimate of drug-likeness (QED) is 0.459. The molecule has 1 aliphatic carbocycles. The van der Waals surface area contributed by atoms with Crippen LogP contribution in [0.5, 0.6) is 0 Å². The summed E-state index contributed by atoms with van der Waals surface area (Å²) in [5.41, 5.74) is 6.03. The highest BCUT2D eigenvalue weighted by atomic mass is 16.7. The fourth-order valence-corrected chi connectivity index (χ4v) is 3.31.